The highest BCUT2D eigenvalue weighted by atomic mass is 19.4. The number of H-pyrrole nitrogens is 1. The predicted molar refractivity (Wildman–Crippen MR) is 81.4 cm³/mol. The number of nitrogens with one attached hydrogen (secondary N) is 3. The second-order valence-electron chi connectivity index (χ2n) is 5.37. The number of aromatic nitrogens is 3. The van der Waals surface area contributed by atoms with Crippen LogP contribution in [0, 0.1) is 0 Å². The highest BCUT2D eigenvalue weighted by Crippen LogP contribution is 2.38. The van der Waals surface area contributed by atoms with Crippen molar-refractivity contribution in [3.05, 3.63) is 36.2 Å². The number of fused-ring (bicyclic) bond motifs is 2. The van der Waals surface area contributed by atoms with E-state index in [2.05, 4.69) is 25.8 Å². The third kappa shape index (κ3) is 2.34. The Bertz CT molecular complexity index is 963. The van der Waals surface area contributed by atoms with Gasteiger partial charge in [0.1, 0.15) is 5.82 Å². The molecule has 0 unspecified atom stereocenters. The normalized spacial score (nSPS) is 14.2. The van der Waals surface area contributed by atoms with Gasteiger partial charge in [-0.15, -0.1) is 0 Å². The van der Waals surface area contributed by atoms with Crippen LogP contribution in [0.5, 0.6) is 0 Å². The van der Waals surface area contributed by atoms with E-state index in [1.165, 1.54) is 12.4 Å². The molecule has 0 saturated carbocycles. The summed E-state index contributed by atoms with van der Waals surface area (Å²) in [5.74, 6) is 0.243. The first-order chi connectivity index (χ1) is 11.4. The Balaban J connectivity index is 1.91. The van der Waals surface area contributed by atoms with Gasteiger partial charge in [0.05, 0.1) is 29.5 Å². The fraction of sp³-hybridized carbons (Fsp3) is 0.133. The first-order valence-corrected chi connectivity index (χ1v) is 7.00. The number of hydrogen-bond acceptors (Lipinski definition) is 4. The van der Waals surface area contributed by atoms with Gasteiger partial charge in [-0.25, -0.2) is 4.98 Å². The maximum absolute atomic E-state index is 13.1. The Labute approximate surface area is 133 Å². The van der Waals surface area contributed by atoms with Gasteiger partial charge < -0.3 is 10.6 Å². The van der Waals surface area contributed by atoms with Crippen LogP contribution in [0.3, 0.4) is 0 Å². The first-order valence-electron chi connectivity index (χ1n) is 7.00. The van der Waals surface area contributed by atoms with Crippen molar-refractivity contribution >= 4 is 28.3 Å². The summed E-state index contributed by atoms with van der Waals surface area (Å²) in [6.45, 7) is 0.106. The van der Waals surface area contributed by atoms with Crippen LogP contribution < -0.4 is 10.6 Å². The maximum Gasteiger partial charge on any atom is 0.416 e. The molecular formula is C15H10F3N5O. The molecule has 0 saturated heterocycles. The first kappa shape index (κ1) is 14.5. The molecule has 24 heavy (non-hydrogen) atoms. The Morgan fingerprint density at radius 3 is 2.75 bits per heavy atom. The number of anilines is 2. The molecular weight excluding hydrogens is 323 g/mol. The quantitative estimate of drug-likeness (QED) is 0.639. The number of halogens is 3. The van der Waals surface area contributed by atoms with Crippen LogP contribution >= 0.6 is 0 Å². The highest BCUT2D eigenvalue weighted by Gasteiger charge is 2.32. The number of aromatic amines is 1. The second kappa shape index (κ2) is 4.95. The van der Waals surface area contributed by atoms with Crippen LogP contribution in [0.15, 0.2) is 30.6 Å². The third-order valence-electron chi connectivity index (χ3n) is 3.78. The van der Waals surface area contributed by atoms with E-state index in [9.17, 15) is 18.0 Å². The van der Waals surface area contributed by atoms with Crippen LogP contribution in [-0.2, 0) is 11.0 Å². The summed E-state index contributed by atoms with van der Waals surface area (Å²) in [5, 5.41) is 12.4. The lowest BCUT2D eigenvalue weighted by Gasteiger charge is -2.18. The predicted octanol–water partition coefficient (Wildman–Crippen LogP) is 3.01. The standard InChI is InChI=1S/C15H10F3N5O/c16-15(17,18)8-2-9(10-5-21-23-11(10)3-8)7-1-12-14(19-4-7)20-6-13(24)22-12/h1-5H,6H2,(H,19,20)(H,21,23)(H,22,24). The van der Waals surface area contributed by atoms with Crippen molar-refractivity contribution in [2.45, 2.75) is 6.18 Å². The number of rotatable bonds is 1. The van der Waals surface area contributed by atoms with Gasteiger partial charge in [-0.1, -0.05) is 0 Å². The van der Waals surface area contributed by atoms with E-state index < -0.39 is 11.7 Å². The van der Waals surface area contributed by atoms with E-state index in [-0.39, 0.29) is 18.0 Å². The summed E-state index contributed by atoms with van der Waals surface area (Å²) in [5.41, 5.74) is 0.714. The minimum atomic E-state index is -4.48. The summed E-state index contributed by atoms with van der Waals surface area (Å²) in [7, 11) is 0. The number of amides is 1. The van der Waals surface area contributed by atoms with E-state index in [0.29, 0.717) is 28.0 Å². The lowest BCUT2D eigenvalue weighted by atomic mass is 9.99. The molecule has 0 aliphatic carbocycles. The molecule has 0 atom stereocenters. The van der Waals surface area contributed by atoms with Crippen LogP contribution in [0.1, 0.15) is 5.56 Å². The van der Waals surface area contributed by atoms with Gasteiger partial charge in [-0.2, -0.15) is 18.3 Å². The third-order valence-corrected chi connectivity index (χ3v) is 3.78. The van der Waals surface area contributed by atoms with Gasteiger partial charge in [0, 0.05) is 17.1 Å². The minimum Gasteiger partial charge on any atom is -0.359 e. The van der Waals surface area contributed by atoms with Crippen molar-refractivity contribution in [1.82, 2.24) is 15.2 Å². The summed E-state index contributed by atoms with van der Waals surface area (Å²) in [4.78, 5) is 15.6. The molecule has 0 bridgehead atoms. The molecule has 1 aliphatic heterocycles. The average Bonchev–Trinajstić information content (AvgIpc) is 3.01. The lowest BCUT2D eigenvalue weighted by Crippen LogP contribution is -2.27. The lowest BCUT2D eigenvalue weighted by molar-refractivity contribution is -0.137. The van der Waals surface area contributed by atoms with E-state index >= 15 is 0 Å². The highest BCUT2D eigenvalue weighted by molar-refractivity contribution is 6.01. The van der Waals surface area contributed by atoms with Crippen molar-refractivity contribution in [1.29, 1.82) is 0 Å². The zero-order valence-electron chi connectivity index (χ0n) is 12.0. The van der Waals surface area contributed by atoms with Crippen LogP contribution in [-0.4, -0.2) is 27.6 Å². The van der Waals surface area contributed by atoms with Gasteiger partial charge in [-0.05, 0) is 23.8 Å². The maximum atomic E-state index is 13.1. The van der Waals surface area contributed by atoms with Gasteiger partial charge in [0.15, 0.2) is 0 Å². The van der Waals surface area contributed by atoms with Crippen molar-refractivity contribution in [2.75, 3.05) is 17.2 Å². The number of alkyl halides is 3. The summed E-state index contributed by atoms with van der Waals surface area (Å²) >= 11 is 0. The molecule has 4 rings (SSSR count). The smallest absolute Gasteiger partial charge is 0.359 e. The van der Waals surface area contributed by atoms with Crippen LogP contribution in [0.25, 0.3) is 22.0 Å². The molecule has 6 nitrogen and oxygen atoms in total. The molecule has 1 aliphatic rings. The molecule has 0 fully saturated rings. The average molecular weight is 333 g/mol. The fourth-order valence-corrected chi connectivity index (χ4v) is 2.66. The Hall–Kier alpha value is -3.10. The summed E-state index contributed by atoms with van der Waals surface area (Å²) in [6, 6.07) is 3.66. The molecule has 3 N–H and O–H groups in total. The number of pyridine rings is 1. The fourth-order valence-electron chi connectivity index (χ4n) is 2.66. The number of hydrogen-bond donors (Lipinski definition) is 3. The van der Waals surface area contributed by atoms with Crippen molar-refractivity contribution in [3.8, 4) is 11.1 Å². The zero-order chi connectivity index (χ0) is 16.9. The number of carbonyl (C=O) groups excluding carboxylic acids is 1. The molecule has 1 amide bonds. The Morgan fingerprint density at radius 2 is 1.96 bits per heavy atom. The summed E-state index contributed by atoms with van der Waals surface area (Å²) < 4.78 is 39.4. The molecule has 3 heterocycles. The van der Waals surface area contributed by atoms with Crippen molar-refractivity contribution < 1.29 is 18.0 Å². The molecule has 2 aromatic heterocycles. The van der Waals surface area contributed by atoms with Crippen molar-refractivity contribution in [3.63, 3.8) is 0 Å². The Kier molecular flexibility index (Phi) is 2.99. The number of carbonyl (C=O) groups is 1. The number of nitrogens with zero attached hydrogens (tertiary/aromatic N) is 2. The molecule has 0 radical (unpaired) electrons. The van der Waals surface area contributed by atoms with Gasteiger partial charge >= 0.3 is 6.18 Å². The number of benzene rings is 1. The SMILES string of the molecule is O=C1CNc2ncc(-c3cc(C(F)(F)F)cc4[nH]ncc34)cc2N1. The van der Waals surface area contributed by atoms with Crippen LogP contribution in [0.4, 0.5) is 24.7 Å². The molecule has 3 aromatic rings. The minimum absolute atomic E-state index is 0.106. The van der Waals surface area contributed by atoms with Crippen molar-refractivity contribution in [2.24, 2.45) is 0 Å². The topological polar surface area (TPSA) is 82.7 Å². The monoisotopic (exact) mass is 333 g/mol. The molecule has 122 valence electrons. The van der Waals surface area contributed by atoms with Gasteiger partial charge in [0.2, 0.25) is 5.91 Å². The zero-order valence-corrected chi connectivity index (χ0v) is 12.0. The van der Waals surface area contributed by atoms with Crippen LogP contribution in [0.2, 0.25) is 0 Å². The van der Waals surface area contributed by atoms with Gasteiger partial charge in [0.25, 0.3) is 0 Å². The molecule has 9 heteroatoms. The Morgan fingerprint density at radius 1 is 1.12 bits per heavy atom. The largest absolute Gasteiger partial charge is 0.416 e. The summed E-state index contributed by atoms with van der Waals surface area (Å²) in [6.07, 6.45) is -1.56. The molecule has 1 aromatic carbocycles. The van der Waals surface area contributed by atoms with E-state index in [1.807, 2.05) is 0 Å². The second-order valence-corrected chi connectivity index (χ2v) is 5.37. The van der Waals surface area contributed by atoms with E-state index in [1.54, 1.807) is 6.07 Å². The van der Waals surface area contributed by atoms with Gasteiger partial charge in [-0.3, -0.25) is 9.89 Å². The van der Waals surface area contributed by atoms with E-state index in [0.717, 1.165) is 12.1 Å². The van der Waals surface area contributed by atoms with E-state index in [4.69, 9.17) is 0 Å². The molecule has 0 spiro atoms.